The van der Waals surface area contributed by atoms with Crippen LogP contribution in [0.15, 0.2) is 11.1 Å². The summed E-state index contributed by atoms with van der Waals surface area (Å²) in [6.07, 6.45) is -4.45. The Morgan fingerprint density at radius 3 is 2.42 bits per heavy atom. The summed E-state index contributed by atoms with van der Waals surface area (Å²) in [5.74, 6) is 0. The second-order valence-electron chi connectivity index (χ2n) is 3.15. The van der Waals surface area contributed by atoms with E-state index in [1.54, 1.807) is 0 Å². The first kappa shape index (κ1) is 9.58. The molecule has 1 N–H and O–H groups in total. The van der Waals surface area contributed by atoms with E-state index in [2.05, 4.69) is 0 Å². The third-order valence-corrected chi connectivity index (χ3v) is 2.13. The molecule has 0 heterocycles. The molecule has 0 aliphatic heterocycles. The highest BCUT2D eigenvalue weighted by atomic mass is 19.4. The van der Waals surface area contributed by atoms with Crippen LogP contribution in [0.2, 0.25) is 0 Å². The van der Waals surface area contributed by atoms with Crippen molar-refractivity contribution in [2.75, 3.05) is 0 Å². The molecule has 1 aliphatic carbocycles. The lowest BCUT2D eigenvalue weighted by Gasteiger charge is -2.23. The smallest absolute Gasteiger partial charge is 0.393 e. The number of hydrogen-bond acceptors (Lipinski definition) is 1. The predicted octanol–water partition coefficient (Wildman–Crippen LogP) is 2.41. The number of hydrogen-bond donors (Lipinski definition) is 1. The molecule has 0 saturated carbocycles. The van der Waals surface area contributed by atoms with Crippen LogP contribution in [0.4, 0.5) is 13.2 Å². The van der Waals surface area contributed by atoms with Gasteiger partial charge in [-0.1, -0.05) is 5.57 Å². The molecule has 0 aromatic rings. The minimum atomic E-state index is -4.20. The zero-order valence-electron chi connectivity index (χ0n) is 6.78. The zero-order valence-corrected chi connectivity index (χ0v) is 6.78. The first-order valence-electron chi connectivity index (χ1n) is 3.85. The molecule has 0 saturated heterocycles. The SMILES string of the molecule is CC1=C(C(F)(F)F)CCC(O)C1. The molecule has 1 rings (SSSR count). The maximum atomic E-state index is 12.2. The third kappa shape index (κ3) is 2.00. The van der Waals surface area contributed by atoms with E-state index in [4.69, 9.17) is 5.11 Å². The topological polar surface area (TPSA) is 20.2 Å². The number of allylic oxidation sites excluding steroid dienone is 1. The van der Waals surface area contributed by atoms with Gasteiger partial charge in [-0.25, -0.2) is 0 Å². The van der Waals surface area contributed by atoms with Gasteiger partial charge in [0.05, 0.1) is 6.10 Å². The highest BCUT2D eigenvalue weighted by molar-refractivity contribution is 5.20. The summed E-state index contributed by atoms with van der Waals surface area (Å²) in [6, 6.07) is 0. The lowest BCUT2D eigenvalue weighted by molar-refractivity contribution is -0.0972. The Hall–Kier alpha value is -0.510. The Balaban J connectivity index is 2.83. The van der Waals surface area contributed by atoms with E-state index in [0.29, 0.717) is 0 Å². The molecular formula is C8H11F3O. The average molecular weight is 180 g/mol. The van der Waals surface area contributed by atoms with Crippen LogP contribution >= 0.6 is 0 Å². The third-order valence-electron chi connectivity index (χ3n) is 2.13. The van der Waals surface area contributed by atoms with Crippen molar-refractivity contribution in [3.63, 3.8) is 0 Å². The van der Waals surface area contributed by atoms with Crippen molar-refractivity contribution in [2.45, 2.75) is 38.5 Å². The largest absolute Gasteiger partial charge is 0.412 e. The standard InChI is InChI=1S/C8H11F3O/c1-5-4-6(12)2-3-7(5)8(9,10)11/h6,12H,2-4H2,1H3. The molecule has 1 nitrogen and oxygen atoms in total. The van der Waals surface area contributed by atoms with Gasteiger partial charge in [-0.3, -0.25) is 0 Å². The summed E-state index contributed by atoms with van der Waals surface area (Å²) < 4.78 is 36.5. The second-order valence-corrected chi connectivity index (χ2v) is 3.15. The first-order valence-corrected chi connectivity index (χ1v) is 3.85. The molecule has 0 bridgehead atoms. The fourth-order valence-corrected chi connectivity index (χ4v) is 1.49. The highest BCUT2D eigenvalue weighted by Gasteiger charge is 2.36. The number of halogens is 3. The predicted molar refractivity (Wildman–Crippen MR) is 38.6 cm³/mol. The van der Waals surface area contributed by atoms with Crippen LogP contribution in [0, 0.1) is 0 Å². The van der Waals surface area contributed by atoms with Gasteiger partial charge >= 0.3 is 6.18 Å². The van der Waals surface area contributed by atoms with Crippen LogP contribution in [-0.4, -0.2) is 17.4 Å². The Labute approximate surface area is 68.9 Å². The average Bonchev–Trinajstić information content (AvgIpc) is 1.83. The normalized spacial score (nSPS) is 26.2. The van der Waals surface area contributed by atoms with E-state index >= 15 is 0 Å². The van der Waals surface area contributed by atoms with Gasteiger partial charge in [-0.2, -0.15) is 13.2 Å². The van der Waals surface area contributed by atoms with Gasteiger partial charge in [0.25, 0.3) is 0 Å². The maximum absolute atomic E-state index is 12.2. The van der Waals surface area contributed by atoms with Crippen LogP contribution in [-0.2, 0) is 0 Å². The molecule has 1 unspecified atom stereocenters. The van der Waals surface area contributed by atoms with Crippen molar-refractivity contribution in [2.24, 2.45) is 0 Å². The monoisotopic (exact) mass is 180 g/mol. The molecule has 0 aromatic carbocycles. The van der Waals surface area contributed by atoms with Gasteiger partial charge in [0.1, 0.15) is 0 Å². The maximum Gasteiger partial charge on any atom is 0.412 e. The minimum absolute atomic E-state index is 0.0451. The molecule has 0 aromatic heterocycles. The van der Waals surface area contributed by atoms with E-state index < -0.39 is 17.9 Å². The lowest BCUT2D eigenvalue weighted by atomic mass is 9.90. The summed E-state index contributed by atoms with van der Waals surface area (Å²) in [5.41, 5.74) is -0.172. The molecule has 12 heavy (non-hydrogen) atoms. The fourth-order valence-electron chi connectivity index (χ4n) is 1.49. The Kier molecular flexibility index (Phi) is 2.46. The molecule has 0 fully saturated rings. The van der Waals surface area contributed by atoms with Crippen molar-refractivity contribution in [1.29, 1.82) is 0 Å². The minimum Gasteiger partial charge on any atom is -0.393 e. The van der Waals surface area contributed by atoms with E-state index in [0.717, 1.165) is 0 Å². The Bertz CT molecular complexity index is 205. The number of aliphatic hydroxyl groups excluding tert-OH is 1. The van der Waals surface area contributed by atoms with Crippen LogP contribution in [0.5, 0.6) is 0 Å². The summed E-state index contributed by atoms with van der Waals surface area (Å²) in [7, 11) is 0. The van der Waals surface area contributed by atoms with Gasteiger partial charge in [0, 0.05) is 5.57 Å². The summed E-state index contributed by atoms with van der Waals surface area (Å²) in [4.78, 5) is 0. The quantitative estimate of drug-likeness (QED) is 0.567. The molecule has 0 radical (unpaired) electrons. The Morgan fingerprint density at radius 2 is 2.00 bits per heavy atom. The van der Waals surface area contributed by atoms with Gasteiger partial charge in [-0.15, -0.1) is 0 Å². The van der Waals surface area contributed by atoms with Gasteiger partial charge in [0.2, 0.25) is 0 Å². The zero-order chi connectivity index (χ0) is 9.35. The van der Waals surface area contributed by atoms with Crippen LogP contribution in [0.25, 0.3) is 0 Å². The first-order chi connectivity index (χ1) is 5.41. The van der Waals surface area contributed by atoms with Gasteiger partial charge in [-0.05, 0) is 26.2 Å². The van der Waals surface area contributed by atoms with Crippen LogP contribution in [0.1, 0.15) is 26.2 Å². The number of aliphatic hydroxyl groups is 1. The van der Waals surface area contributed by atoms with Gasteiger partial charge in [0.15, 0.2) is 0 Å². The van der Waals surface area contributed by atoms with Crippen molar-refractivity contribution >= 4 is 0 Å². The summed E-state index contributed by atoms with van der Waals surface area (Å²) >= 11 is 0. The molecule has 1 aliphatic rings. The summed E-state index contributed by atoms with van der Waals surface area (Å²) in [6.45, 7) is 1.44. The molecule has 4 heteroatoms. The Morgan fingerprint density at radius 1 is 1.42 bits per heavy atom. The number of alkyl halides is 3. The molecule has 1 atom stereocenters. The molecule has 70 valence electrons. The molecular weight excluding hydrogens is 169 g/mol. The van der Waals surface area contributed by atoms with E-state index in [9.17, 15) is 13.2 Å². The van der Waals surface area contributed by atoms with Crippen LogP contribution < -0.4 is 0 Å². The fraction of sp³-hybridized carbons (Fsp3) is 0.750. The highest BCUT2D eigenvalue weighted by Crippen LogP contribution is 2.36. The van der Waals surface area contributed by atoms with Gasteiger partial charge < -0.3 is 5.11 Å². The van der Waals surface area contributed by atoms with E-state index in [1.165, 1.54) is 6.92 Å². The van der Waals surface area contributed by atoms with Crippen molar-refractivity contribution in [3.8, 4) is 0 Å². The van der Waals surface area contributed by atoms with Crippen molar-refractivity contribution in [1.82, 2.24) is 0 Å². The van der Waals surface area contributed by atoms with Crippen LogP contribution in [0.3, 0.4) is 0 Å². The molecule has 0 spiro atoms. The van der Waals surface area contributed by atoms with Crippen molar-refractivity contribution in [3.05, 3.63) is 11.1 Å². The van der Waals surface area contributed by atoms with E-state index in [-0.39, 0.29) is 24.8 Å². The number of rotatable bonds is 0. The summed E-state index contributed by atoms with van der Waals surface area (Å²) in [5, 5.41) is 9.06. The lowest BCUT2D eigenvalue weighted by Crippen LogP contribution is -2.22. The van der Waals surface area contributed by atoms with Crippen molar-refractivity contribution < 1.29 is 18.3 Å². The molecule has 0 amide bonds. The van der Waals surface area contributed by atoms with E-state index in [1.807, 2.05) is 0 Å². The second kappa shape index (κ2) is 3.09.